The van der Waals surface area contributed by atoms with Crippen LogP contribution in [-0.4, -0.2) is 90.7 Å². The summed E-state index contributed by atoms with van der Waals surface area (Å²) in [6, 6.07) is 34.5. The van der Waals surface area contributed by atoms with Crippen LogP contribution < -0.4 is 19.3 Å². The van der Waals surface area contributed by atoms with Gasteiger partial charge in [-0.15, -0.1) is 0 Å². The molecule has 14 heteroatoms. The Morgan fingerprint density at radius 3 is 1.14 bits per heavy atom. The number of likely N-dealkylation sites (N-methyl/N-ethyl adjacent to an activating group) is 2. The second kappa shape index (κ2) is 25.7. The Morgan fingerprint density at radius 1 is 0.508 bits per heavy atom. The van der Waals surface area contributed by atoms with E-state index >= 15 is 0 Å². The Balaban J connectivity index is 1.14. The van der Waals surface area contributed by atoms with Gasteiger partial charge in [0.1, 0.15) is 74.4 Å². The topological polar surface area (TPSA) is 178 Å². The van der Waals surface area contributed by atoms with Crippen molar-refractivity contribution in [2.45, 2.75) is 20.3 Å². The van der Waals surface area contributed by atoms with Gasteiger partial charge in [-0.2, -0.15) is 10.5 Å². The third kappa shape index (κ3) is 16.9. The smallest absolute Gasteiger partial charge is 0.349 e. The van der Waals surface area contributed by atoms with Crippen molar-refractivity contribution in [3.63, 3.8) is 0 Å². The predicted octanol–water partition coefficient (Wildman–Crippen LogP) is 7.45. The number of nitrogens with zero attached hydrogens (tertiary/aromatic N) is 4. The molecule has 0 N–H and O–H groups in total. The van der Waals surface area contributed by atoms with E-state index in [-0.39, 0.29) is 48.7 Å². The fourth-order valence-electron chi connectivity index (χ4n) is 5.70. The van der Waals surface area contributed by atoms with Crippen molar-refractivity contribution in [3.8, 4) is 23.6 Å². The van der Waals surface area contributed by atoms with Gasteiger partial charge in [0.15, 0.2) is 0 Å². The summed E-state index contributed by atoms with van der Waals surface area (Å²) in [7, 11) is 3.89. The number of carbonyl (C=O) groups excluding carboxylic acids is 4. The molecule has 0 saturated heterocycles. The number of carbonyl (C=O) groups is 4. The van der Waals surface area contributed by atoms with E-state index < -0.39 is 23.9 Å². The van der Waals surface area contributed by atoms with Crippen LogP contribution in [0, 0.1) is 22.7 Å². The number of hydrogen-bond acceptors (Lipinski definition) is 14. The number of rotatable bonds is 24. The Labute approximate surface area is 379 Å². The molecule has 0 atom stereocenters. The SMILES string of the molecule is C=C(C)C(=O)OCCOC(=O)C(C#N)=Cc1ccc(N(C)CCOc2ccc(Cc3ccc(OCCN(C)c4ccc(C=C(C#N)C(=O)OCCOC(=O)C(=C)C)cc4)cc3)cc2)cc1. The molecule has 0 bridgehead atoms. The van der Waals surface area contributed by atoms with Crippen molar-refractivity contribution >= 4 is 47.4 Å². The predicted molar refractivity (Wildman–Crippen MR) is 247 cm³/mol. The van der Waals surface area contributed by atoms with Crippen molar-refractivity contribution in [3.05, 3.63) is 155 Å². The molecule has 336 valence electrons. The first kappa shape index (κ1) is 49.6. The summed E-state index contributed by atoms with van der Waals surface area (Å²) in [5.41, 5.74) is 5.57. The fraction of sp³-hybridized carbons (Fsp3) is 0.255. The van der Waals surface area contributed by atoms with Gasteiger partial charge in [-0.25, -0.2) is 19.2 Å². The Hall–Kier alpha value is -8.10. The largest absolute Gasteiger partial charge is 0.492 e. The van der Waals surface area contributed by atoms with Crippen molar-refractivity contribution in [2.75, 3.05) is 76.6 Å². The minimum Gasteiger partial charge on any atom is -0.492 e. The highest BCUT2D eigenvalue weighted by Gasteiger charge is 2.14. The molecule has 0 heterocycles. The third-order valence-electron chi connectivity index (χ3n) is 9.41. The van der Waals surface area contributed by atoms with Crippen molar-refractivity contribution in [2.24, 2.45) is 0 Å². The second-order valence-corrected chi connectivity index (χ2v) is 14.6. The maximum Gasteiger partial charge on any atom is 0.349 e. The van der Waals surface area contributed by atoms with Crippen LogP contribution in [-0.2, 0) is 44.5 Å². The molecule has 0 spiro atoms. The number of ether oxygens (including phenoxy) is 6. The average Bonchev–Trinajstić information content (AvgIpc) is 3.31. The van der Waals surface area contributed by atoms with E-state index in [1.807, 2.05) is 109 Å². The van der Waals surface area contributed by atoms with Crippen LogP contribution in [0.25, 0.3) is 12.2 Å². The summed E-state index contributed by atoms with van der Waals surface area (Å²) in [5, 5.41) is 18.9. The first-order valence-corrected chi connectivity index (χ1v) is 20.5. The number of anilines is 2. The molecule has 4 aromatic rings. The third-order valence-corrected chi connectivity index (χ3v) is 9.41. The van der Waals surface area contributed by atoms with Crippen molar-refractivity contribution in [1.29, 1.82) is 10.5 Å². The highest BCUT2D eigenvalue weighted by Crippen LogP contribution is 2.21. The zero-order valence-corrected chi connectivity index (χ0v) is 37.0. The van der Waals surface area contributed by atoms with E-state index in [4.69, 9.17) is 28.4 Å². The number of esters is 4. The van der Waals surface area contributed by atoms with Crippen LogP contribution in [0.3, 0.4) is 0 Å². The second-order valence-electron chi connectivity index (χ2n) is 14.6. The van der Waals surface area contributed by atoms with Gasteiger partial charge in [0.2, 0.25) is 0 Å². The molecule has 0 saturated carbocycles. The maximum atomic E-state index is 12.3. The van der Waals surface area contributed by atoms with Crippen molar-refractivity contribution in [1.82, 2.24) is 0 Å². The molecule has 14 nitrogen and oxygen atoms in total. The lowest BCUT2D eigenvalue weighted by Gasteiger charge is -2.20. The van der Waals surface area contributed by atoms with Crippen LogP contribution >= 0.6 is 0 Å². The van der Waals surface area contributed by atoms with Crippen LogP contribution in [0.2, 0.25) is 0 Å². The van der Waals surface area contributed by atoms with Gasteiger partial charge < -0.3 is 38.2 Å². The molecule has 0 aliphatic carbocycles. The normalized spacial score (nSPS) is 10.9. The van der Waals surface area contributed by atoms with Gasteiger partial charge >= 0.3 is 23.9 Å². The zero-order chi connectivity index (χ0) is 47.1. The molecule has 0 fully saturated rings. The van der Waals surface area contributed by atoms with E-state index in [1.54, 1.807) is 24.3 Å². The first-order valence-electron chi connectivity index (χ1n) is 20.5. The van der Waals surface area contributed by atoms with Gasteiger partial charge in [-0.3, -0.25) is 0 Å². The molecule has 0 unspecified atom stereocenters. The summed E-state index contributed by atoms with van der Waals surface area (Å²) >= 11 is 0. The summed E-state index contributed by atoms with van der Waals surface area (Å²) < 4.78 is 31.9. The maximum absolute atomic E-state index is 12.3. The molecule has 0 radical (unpaired) electrons. The first-order chi connectivity index (χ1) is 31.3. The summed E-state index contributed by atoms with van der Waals surface area (Å²) in [6.07, 6.45) is 3.62. The Bertz CT molecular complexity index is 2260. The average molecular weight is 881 g/mol. The molecule has 0 amide bonds. The van der Waals surface area contributed by atoms with Crippen molar-refractivity contribution < 1.29 is 47.6 Å². The molecule has 0 aromatic heterocycles. The lowest BCUT2D eigenvalue weighted by atomic mass is 10.0. The fourth-order valence-corrected chi connectivity index (χ4v) is 5.70. The minimum absolute atomic E-state index is 0.135. The van der Waals surface area contributed by atoms with Gasteiger partial charge in [0, 0.05) is 36.6 Å². The summed E-state index contributed by atoms with van der Waals surface area (Å²) in [4.78, 5) is 51.6. The van der Waals surface area contributed by atoms with Gasteiger partial charge in [-0.05, 0) is 103 Å². The van der Waals surface area contributed by atoms with Crippen LogP contribution in [0.1, 0.15) is 36.1 Å². The van der Waals surface area contributed by atoms with Gasteiger partial charge in [-0.1, -0.05) is 61.7 Å². The molecule has 4 rings (SSSR count). The van der Waals surface area contributed by atoms with Crippen LogP contribution in [0.4, 0.5) is 11.4 Å². The number of nitriles is 2. The van der Waals surface area contributed by atoms with E-state index in [1.165, 1.54) is 26.0 Å². The number of hydrogen-bond donors (Lipinski definition) is 0. The number of benzene rings is 4. The monoisotopic (exact) mass is 880 g/mol. The van der Waals surface area contributed by atoms with Crippen LogP contribution in [0.15, 0.2) is 133 Å². The van der Waals surface area contributed by atoms with Crippen LogP contribution in [0.5, 0.6) is 11.5 Å². The lowest BCUT2D eigenvalue weighted by molar-refractivity contribution is -0.147. The molecule has 0 aliphatic rings. The highest BCUT2D eigenvalue weighted by atomic mass is 16.6. The molecule has 65 heavy (non-hydrogen) atoms. The lowest BCUT2D eigenvalue weighted by Crippen LogP contribution is -2.23. The summed E-state index contributed by atoms with van der Waals surface area (Å²) in [6.45, 7) is 11.5. The van der Waals surface area contributed by atoms with E-state index in [0.29, 0.717) is 37.4 Å². The summed E-state index contributed by atoms with van der Waals surface area (Å²) in [5.74, 6) is -1.25. The quantitative estimate of drug-likeness (QED) is 0.0223. The molecular formula is C51H52N4O10. The standard InChI is InChI=1S/C51H52N4O10/c1-36(2)48(56)62-27-29-64-50(58)42(34-52)32-40-7-15-44(16-8-40)54(5)23-25-60-46-19-11-38(12-20-46)31-39-13-21-47(22-14-39)61-26-24-55(6)45-17-9-41(10-18-45)33-43(35-53)51(59)65-30-28-63-49(57)37(3)4/h7-22,32-33H,1,3,23-31H2,2,4-6H3. The van der Waals surface area contributed by atoms with E-state index in [9.17, 15) is 29.7 Å². The van der Waals surface area contributed by atoms with E-state index in [2.05, 4.69) is 13.2 Å². The molecule has 0 aliphatic heterocycles. The highest BCUT2D eigenvalue weighted by molar-refractivity contribution is 5.98. The minimum atomic E-state index is -0.807. The van der Waals surface area contributed by atoms with Gasteiger partial charge in [0.25, 0.3) is 0 Å². The molecular weight excluding hydrogens is 829 g/mol. The Kier molecular flexibility index (Phi) is 19.6. The zero-order valence-electron chi connectivity index (χ0n) is 37.0. The van der Waals surface area contributed by atoms with Gasteiger partial charge in [0.05, 0.1) is 13.1 Å². The Morgan fingerprint density at radius 2 is 0.831 bits per heavy atom. The molecule has 4 aromatic carbocycles. The van der Waals surface area contributed by atoms with E-state index in [0.717, 1.165) is 40.4 Å².